The molecule has 0 saturated heterocycles. The molecular formula is C21H15ClN2O2S. The number of halogens is 1. The van der Waals surface area contributed by atoms with Gasteiger partial charge in [0.25, 0.3) is 11.8 Å². The van der Waals surface area contributed by atoms with Crippen LogP contribution in [0.2, 0.25) is 5.02 Å². The summed E-state index contributed by atoms with van der Waals surface area (Å²) in [5.74, 6) is -0.718. The summed E-state index contributed by atoms with van der Waals surface area (Å²) >= 11 is 7.53. The van der Waals surface area contributed by atoms with Gasteiger partial charge in [0.1, 0.15) is 5.70 Å². The Morgan fingerprint density at radius 2 is 1.74 bits per heavy atom. The quantitative estimate of drug-likeness (QED) is 0.626. The number of hydrogen-bond acceptors (Lipinski definition) is 4. The molecule has 0 radical (unpaired) electrons. The molecule has 6 heteroatoms. The summed E-state index contributed by atoms with van der Waals surface area (Å²) in [6, 6.07) is 18.0. The number of amides is 2. The lowest BCUT2D eigenvalue weighted by Crippen LogP contribution is -2.32. The monoisotopic (exact) mass is 394 g/mol. The van der Waals surface area contributed by atoms with Gasteiger partial charge in [-0.05, 0) is 48.2 Å². The van der Waals surface area contributed by atoms with E-state index in [1.807, 2.05) is 36.6 Å². The molecule has 2 amide bonds. The van der Waals surface area contributed by atoms with Crippen molar-refractivity contribution in [3.8, 4) is 0 Å². The van der Waals surface area contributed by atoms with Crippen LogP contribution in [-0.2, 0) is 9.59 Å². The normalized spacial score (nSPS) is 14.2. The SMILES string of the molecule is Cc1ccc(Cl)cc1NC1=C(c2cccs2)C(=O)N(c2ccccc2)C1=O. The van der Waals surface area contributed by atoms with Gasteiger partial charge in [-0.25, -0.2) is 4.90 Å². The van der Waals surface area contributed by atoms with Gasteiger partial charge in [0.2, 0.25) is 0 Å². The molecular weight excluding hydrogens is 380 g/mol. The number of hydrogen-bond donors (Lipinski definition) is 1. The molecule has 1 N–H and O–H groups in total. The van der Waals surface area contributed by atoms with E-state index < -0.39 is 0 Å². The Hall–Kier alpha value is -2.89. The Morgan fingerprint density at radius 1 is 0.963 bits per heavy atom. The Morgan fingerprint density at radius 3 is 2.44 bits per heavy atom. The largest absolute Gasteiger partial charge is 0.350 e. The van der Waals surface area contributed by atoms with Crippen LogP contribution in [0.5, 0.6) is 0 Å². The lowest BCUT2D eigenvalue weighted by atomic mass is 10.1. The summed E-state index contributed by atoms with van der Waals surface area (Å²) in [7, 11) is 0. The Labute approximate surface area is 165 Å². The van der Waals surface area contributed by atoms with Crippen LogP contribution in [0.1, 0.15) is 10.4 Å². The first kappa shape index (κ1) is 17.5. The first-order valence-electron chi connectivity index (χ1n) is 8.31. The van der Waals surface area contributed by atoms with Gasteiger partial charge in [-0.2, -0.15) is 0 Å². The number of aryl methyl sites for hydroxylation is 1. The van der Waals surface area contributed by atoms with Crippen molar-refractivity contribution in [2.75, 3.05) is 10.2 Å². The van der Waals surface area contributed by atoms with Gasteiger partial charge >= 0.3 is 0 Å². The van der Waals surface area contributed by atoms with E-state index in [0.29, 0.717) is 22.0 Å². The van der Waals surface area contributed by atoms with Gasteiger partial charge in [-0.1, -0.05) is 41.9 Å². The molecule has 4 nitrogen and oxygen atoms in total. The zero-order chi connectivity index (χ0) is 19.0. The van der Waals surface area contributed by atoms with Crippen molar-refractivity contribution in [2.45, 2.75) is 6.92 Å². The van der Waals surface area contributed by atoms with Crippen LogP contribution in [0.4, 0.5) is 11.4 Å². The molecule has 0 saturated carbocycles. The summed E-state index contributed by atoms with van der Waals surface area (Å²) in [6.45, 7) is 1.92. The topological polar surface area (TPSA) is 49.4 Å². The fourth-order valence-electron chi connectivity index (χ4n) is 2.97. The number of imide groups is 1. The maximum absolute atomic E-state index is 13.2. The summed E-state index contributed by atoms with van der Waals surface area (Å²) in [5, 5.41) is 5.59. The minimum Gasteiger partial charge on any atom is -0.350 e. The van der Waals surface area contributed by atoms with E-state index in [2.05, 4.69) is 5.32 Å². The minimum absolute atomic E-state index is 0.261. The molecule has 0 spiro atoms. The molecule has 0 bridgehead atoms. The first-order valence-corrected chi connectivity index (χ1v) is 9.57. The summed E-state index contributed by atoms with van der Waals surface area (Å²) in [4.78, 5) is 28.3. The number of carbonyl (C=O) groups excluding carboxylic acids is 2. The predicted molar refractivity (Wildman–Crippen MR) is 110 cm³/mol. The number of nitrogens with zero attached hydrogens (tertiary/aromatic N) is 1. The highest BCUT2D eigenvalue weighted by Crippen LogP contribution is 2.36. The van der Waals surface area contributed by atoms with Crippen molar-refractivity contribution < 1.29 is 9.59 Å². The second kappa shape index (κ2) is 7.02. The lowest BCUT2D eigenvalue weighted by Gasteiger charge is -2.15. The van der Waals surface area contributed by atoms with Gasteiger partial charge in [0.05, 0.1) is 11.3 Å². The summed E-state index contributed by atoms with van der Waals surface area (Å²) in [6.07, 6.45) is 0. The number of nitrogens with one attached hydrogen (secondary N) is 1. The third kappa shape index (κ3) is 3.16. The van der Waals surface area contributed by atoms with E-state index in [1.54, 1.807) is 36.4 Å². The molecule has 0 fully saturated rings. The van der Waals surface area contributed by atoms with Crippen molar-refractivity contribution in [2.24, 2.45) is 0 Å². The average Bonchev–Trinajstić information content (AvgIpc) is 3.26. The minimum atomic E-state index is -0.381. The highest BCUT2D eigenvalue weighted by Gasteiger charge is 2.40. The number of benzene rings is 2. The predicted octanol–water partition coefficient (Wildman–Crippen LogP) is 5.11. The molecule has 134 valence electrons. The van der Waals surface area contributed by atoms with Gasteiger partial charge in [-0.15, -0.1) is 11.3 Å². The zero-order valence-electron chi connectivity index (χ0n) is 14.4. The van der Waals surface area contributed by atoms with Crippen LogP contribution in [0, 0.1) is 6.92 Å². The van der Waals surface area contributed by atoms with Crippen LogP contribution < -0.4 is 10.2 Å². The first-order chi connectivity index (χ1) is 13.1. The fourth-order valence-corrected chi connectivity index (χ4v) is 3.91. The van der Waals surface area contributed by atoms with E-state index >= 15 is 0 Å². The highest BCUT2D eigenvalue weighted by molar-refractivity contribution is 7.11. The van der Waals surface area contributed by atoms with E-state index in [4.69, 9.17) is 11.6 Å². The molecule has 1 aliphatic heterocycles. The molecule has 1 aromatic heterocycles. The van der Waals surface area contributed by atoms with Gasteiger partial charge in [0.15, 0.2) is 0 Å². The molecule has 0 aliphatic carbocycles. The molecule has 2 aromatic carbocycles. The number of para-hydroxylation sites is 1. The maximum Gasteiger partial charge on any atom is 0.282 e. The third-order valence-electron chi connectivity index (χ3n) is 4.33. The van der Waals surface area contributed by atoms with E-state index in [0.717, 1.165) is 10.4 Å². The Kier molecular flexibility index (Phi) is 4.56. The average molecular weight is 395 g/mol. The second-order valence-electron chi connectivity index (χ2n) is 6.09. The van der Waals surface area contributed by atoms with Gasteiger partial charge in [-0.3, -0.25) is 9.59 Å². The molecule has 4 rings (SSSR count). The second-order valence-corrected chi connectivity index (χ2v) is 7.48. The Balaban J connectivity index is 1.83. The van der Waals surface area contributed by atoms with Crippen molar-refractivity contribution in [3.63, 3.8) is 0 Å². The van der Waals surface area contributed by atoms with Crippen LogP contribution in [-0.4, -0.2) is 11.8 Å². The molecule has 3 aromatic rings. The zero-order valence-corrected chi connectivity index (χ0v) is 16.0. The third-order valence-corrected chi connectivity index (χ3v) is 5.45. The summed E-state index contributed by atoms with van der Waals surface area (Å²) < 4.78 is 0. The van der Waals surface area contributed by atoms with Crippen molar-refractivity contribution >= 4 is 51.7 Å². The van der Waals surface area contributed by atoms with E-state index in [-0.39, 0.29) is 17.5 Å². The highest BCUT2D eigenvalue weighted by atomic mass is 35.5. The number of rotatable bonds is 4. The summed E-state index contributed by atoms with van der Waals surface area (Å²) in [5.41, 5.74) is 2.80. The number of anilines is 2. The lowest BCUT2D eigenvalue weighted by molar-refractivity contribution is -0.120. The standard InChI is InChI=1S/C21H15ClN2O2S/c1-13-9-10-14(22)12-16(13)23-19-18(17-8-5-11-27-17)20(25)24(21(19)26)15-6-3-2-4-7-15/h2-12,23H,1H3. The molecule has 2 heterocycles. The Bertz CT molecular complexity index is 1060. The van der Waals surface area contributed by atoms with Gasteiger partial charge < -0.3 is 5.32 Å². The molecule has 1 aliphatic rings. The van der Waals surface area contributed by atoms with E-state index in [1.165, 1.54) is 16.2 Å². The van der Waals surface area contributed by atoms with E-state index in [9.17, 15) is 9.59 Å². The smallest absolute Gasteiger partial charge is 0.282 e. The molecule has 0 unspecified atom stereocenters. The van der Waals surface area contributed by atoms with Crippen LogP contribution >= 0.6 is 22.9 Å². The molecule has 0 atom stereocenters. The van der Waals surface area contributed by atoms with Crippen LogP contribution in [0.3, 0.4) is 0 Å². The van der Waals surface area contributed by atoms with Crippen molar-refractivity contribution in [1.29, 1.82) is 0 Å². The van der Waals surface area contributed by atoms with Crippen molar-refractivity contribution in [1.82, 2.24) is 0 Å². The fraction of sp³-hybridized carbons (Fsp3) is 0.0476. The van der Waals surface area contributed by atoms with Crippen LogP contribution in [0.25, 0.3) is 5.57 Å². The molecule has 27 heavy (non-hydrogen) atoms. The van der Waals surface area contributed by atoms with Crippen LogP contribution in [0.15, 0.2) is 71.7 Å². The van der Waals surface area contributed by atoms with Crippen molar-refractivity contribution in [3.05, 3.63) is 87.2 Å². The maximum atomic E-state index is 13.2. The number of thiophene rings is 1. The van der Waals surface area contributed by atoms with Gasteiger partial charge in [0, 0.05) is 15.6 Å². The number of carbonyl (C=O) groups is 2.